The van der Waals surface area contributed by atoms with E-state index in [1.807, 2.05) is 30.0 Å². The van der Waals surface area contributed by atoms with Gasteiger partial charge in [-0.05, 0) is 43.5 Å². The highest BCUT2D eigenvalue weighted by atomic mass is 16.2. The van der Waals surface area contributed by atoms with Gasteiger partial charge in [-0.1, -0.05) is 42.5 Å². The molecule has 0 unspecified atom stereocenters. The van der Waals surface area contributed by atoms with Crippen LogP contribution in [0.25, 0.3) is 0 Å². The van der Waals surface area contributed by atoms with E-state index in [9.17, 15) is 4.79 Å². The van der Waals surface area contributed by atoms with Crippen molar-refractivity contribution in [2.75, 3.05) is 31.1 Å². The first-order valence-corrected chi connectivity index (χ1v) is 10.5. The predicted octanol–water partition coefficient (Wildman–Crippen LogP) is 3.96. The van der Waals surface area contributed by atoms with Gasteiger partial charge < -0.3 is 9.80 Å². The van der Waals surface area contributed by atoms with Crippen LogP contribution in [0.4, 0.5) is 5.69 Å². The molecule has 1 aromatic heterocycles. The molecule has 5 nitrogen and oxygen atoms in total. The Labute approximate surface area is 178 Å². The van der Waals surface area contributed by atoms with Gasteiger partial charge in [0.05, 0.1) is 11.3 Å². The SMILES string of the molecule is Cc1cccc(N2CCN(C(=O)c3cnc(Cc4ccccc4)nc3C)CC2)c1C. The Balaban J connectivity index is 1.42. The van der Waals surface area contributed by atoms with Crippen LogP contribution in [0.3, 0.4) is 0 Å². The molecule has 1 amide bonds. The highest BCUT2D eigenvalue weighted by Crippen LogP contribution is 2.24. The van der Waals surface area contributed by atoms with Gasteiger partial charge in [0.2, 0.25) is 0 Å². The molecule has 1 saturated heterocycles. The number of carbonyl (C=O) groups excluding carboxylic acids is 1. The van der Waals surface area contributed by atoms with Gasteiger partial charge in [-0.3, -0.25) is 4.79 Å². The maximum Gasteiger partial charge on any atom is 0.257 e. The summed E-state index contributed by atoms with van der Waals surface area (Å²) in [6.07, 6.45) is 2.37. The van der Waals surface area contributed by atoms with E-state index in [4.69, 9.17) is 0 Å². The number of rotatable bonds is 4. The van der Waals surface area contributed by atoms with Crippen molar-refractivity contribution < 1.29 is 4.79 Å². The number of anilines is 1. The molecule has 3 aromatic rings. The van der Waals surface area contributed by atoms with Gasteiger partial charge in [0, 0.05) is 44.5 Å². The van der Waals surface area contributed by atoms with E-state index in [1.165, 1.54) is 22.4 Å². The second-order valence-corrected chi connectivity index (χ2v) is 7.95. The molecule has 0 spiro atoms. The molecule has 1 aliphatic rings. The summed E-state index contributed by atoms with van der Waals surface area (Å²) >= 11 is 0. The molecule has 0 saturated carbocycles. The average Bonchev–Trinajstić information content (AvgIpc) is 2.76. The van der Waals surface area contributed by atoms with E-state index in [-0.39, 0.29) is 5.91 Å². The van der Waals surface area contributed by atoms with Crippen LogP contribution in [0.2, 0.25) is 0 Å². The van der Waals surface area contributed by atoms with Crippen molar-refractivity contribution in [1.82, 2.24) is 14.9 Å². The smallest absolute Gasteiger partial charge is 0.257 e. The van der Waals surface area contributed by atoms with Gasteiger partial charge in [0.1, 0.15) is 5.82 Å². The molecule has 0 radical (unpaired) electrons. The molecule has 154 valence electrons. The fourth-order valence-electron chi connectivity index (χ4n) is 3.99. The number of benzene rings is 2. The van der Waals surface area contributed by atoms with E-state index in [0.717, 1.165) is 24.6 Å². The number of aryl methyl sites for hydroxylation is 2. The molecule has 1 fully saturated rings. The van der Waals surface area contributed by atoms with Crippen molar-refractivity contribution in [1.29, 1.82) is 0 Å². The monoisotopic (exact) mass is 400 g/mol. The number of hydrogen-bond donors (Lipinski definition) is 0. The fraction of sp³-hybridized carbons (Fsp3) is 0.320. The summed E-state index contributed by atoms with van der Waals surface area (Å²) in [7, 11) is 0. The van der Waals surface area contributed by atoms with Crippen LogP contribution in [0.1, 0.15) is 38.6 Å². The molecule has 0 atom stereocenters. The van der Waals surface area contributed by atoms with Gasteiger partial charge in [-0.2, -0.15) is 0 Å². The van der Waals surface area contributed by atoms with E-state index in [1.54, 1.807) is 6.20 Å². The van der Waals surface area contributed by atoms with Gasteiger partial charge >= 0.3 is 0 Å². The summed E-state index contributed by atoms with van der Waals surface area (Å²) < 4.78 is 0. The second kappa shape index (κ2) is 8.66. The topological polar surface area (TPSA) is 49.3 Å². The first-order valence-electron chi connectivity index (χ1n) is 10.5. The molecular weight excluding hydrogens is 372 g/mol. The molecule has 1 aliphatic heterocycles. The Morgan fingerprint density at radius 1 is 0.933 bits per heavy atom. The summed E-state index contributed by atoms with van der Waals surface area (Å²) in [5.74, 6) is 0.773. The third kappa shape index (κ3) is 4.20. The van der Waals surface area contributed by atoms with Gasteiger partial charge in [0.15, 0.2) is 0 Å². The third-order valence-electron chi connectivity index (χ3n) is 5.95. The molecule has 2 heterocycles. The first-order chi connectivity index (χ1) is 14.5. The van der Waals surface area contributed by atoms with Crippen molar-refractivity contribution >= 4 is 11.6 Å². The molecule has 0 bridgehead atoms. The van der Waals surface area contributed by atoms with Crippen LogP contribution in [0, 0.1) is 20.8 Å². The van der Waals surface area contributed by atoms with Crippen LogP contribution in [-0.4, -0.2) is 47.0 Å². The summed E-state index contributed by atoms with van der Waals surface area (Å²) in [5, 5.41) is 0. The second-order valence-electron chi connectivity index (χ2n) is 7.95. The van der Waals surface area contributed by atoms with Crippen LogP contribution in [0.5, 0.6) is 0 Å². The zero-order valence-corrected chi connectivity index (χ0v) is 17.9. The van der Waals surface area contributed by atoms with Crippen molar-refractivity contribution in [3.05, 3.63) is 88.5 Å². The van der Waals surface area contributed by atoms with E-state index in [2.05, 4.69) is 59.0 Å². The van der Waals surface area contributed by atoms with Crippen LogP contribution >= 0.6 is 0 Å². The van der Waals surface area contributed by atoms with E-state index >= 15 is 0 Å². The Morgan fingerprint density at radius 3 is 2.37 bits per heavy atom. The molecule has 0 N–H and O–H groups in total. The lowest BCUT2D eigenvalue weighted by Crippen LogP contribution is -2.49. The minimum Gasteiger partial charge on any atom is -0.368 e. The number of hydrogen-bond acceptors (Lipinski definition) is 4. The summed E-state index contributed by atoms with van der Waals surface area (Å²) in [5.41, 5.74) is 6.40. The zero-order valence-electron chi connectivity index (χ0n) is 17.9. The number of carbonyl (C=O) groups is 1. The normalized spacial score (nSPS) is 14.1. The Bertz CT molecular complexity index is 1040. The van der Waals surface area contributed by atoms with Crippen molar-refractivity contribution in [3.63, 3.8) is 0 Å². The van der Waals surface area contributed by atoms with E-state index in [0.29, 0.717) is 25.1 Å². The lowest BCUT2D eigenvalue weighted by Gasteiger charge is -2.37. The average molecular weight is 401 g/mol. The summed E-state index contributed by atoms with van der Waals surface area (Å²) in [6, 6.07) is 16.6. The molecule has 4 rings (SSSR count). The maximum absolute atomic E-state index is 13.1. The van der Waals surface area contributed by atoms with Crippen molar-refractivity contribution in [2.24, 2.45) is 0 Å². The Morgan fingerprint density at radius 2 is 1.67 bits per heavy atom. The Kier molecular flexibility index (Phi) is 5.79. The highest BCUT2D eigenvalue weighted by Gasteiger charge is 2.25. The molecule has 2 aromatic carbocycles. The molecular formula is C25H28N4O. The maximum atomic E-state index is 13.1. The molecule has 5 heteroatoms. The molecule has 0 aliphatic carbocycles. The van der Waals surface area contributed by atoms with E-state index < -0.39 is 0 Å². The van der Waals surface area contributed by atoms with Gasteiger partial charge in [-0.25, -0.2) is 9.97 Å². The standard InChI is InChI=1S/C25H28N4O/c1-18-8-7-11-23(19(18)2)28-12-14-29(15-13-28)25(30)22-17-26-24(27-20(22)3)16-21-9-5-4-6-10-21/h4-11,17H,12-16H2,1-3H3. The lowest BCUT2D eigenvalue weighted by molar-refractivity contribution is 0.0745. The fourth-order valence-corrected chi connectivity index (χ4v) is 3.99. The number of aromatic nitrogens is 2. The lowest BCUT2D eigenvalue weighted by atomic mass is 10.1. The quantitative estimate of drug-likeness (QED) is 0.665. The van der Waals surface area contributed by atoms with Crippen LogP contribution < -0.4 is 4.90 Å². The number of nitrogens with zero attached hydrogens (tertiary/aromatic N) is 4. The number of amides is 1. The molecule has 30 heavy (non-hydrogen) atoms. The highest BCUT2D eigenvalue weighted by molar-refractivity contribution is 5.95. The van der Waals surface area contributed by atoms with Crippen molar-refractivity contribution in [3.8, 4) is 0 Å². The zero-order chi connectivity index (χ0) is 21.1. The first kappa shape index (κ1) is 20.1. The largest absolute Gasteiger partial charge is 0.368 e. The van der Waals surface area contributed by atoms with Crippen LogP contribution in [-0.2, 0) is 6.42 Å². The summed E-state index contributed by atoms with van der Waals surface area (Å²) in [4.78, 5) is 26.4. The van der Waals surface area contributed by atoms with Crippen LogP contribution in [0.15, 0.2) is 54.7 Å². The predicted molar refractivity (Wildman–Crippen MR) is 120 cm³/mol. The minimum absolute atomic E-state index is 0.0272. The minimum atomic E-state index is 0.0272. The summed E-state index contributed by atoms with van der Waals surface area (Å²) in [6.45, 7) is 9.29. The third-order valence-corrected chi connectivity index (χ3v) is 5.95. The Hall–Kier alpha value is -3.21. The van der Waals surface area contributed by atoms with Crippen molar-refractivity contribution in [2.45, 2.75) is 27.2 Å². The number of piperazine rings is 1. The van der Waals surface area contributed by atoms with Gasteiger partial charge in [0.25, 0.3) is 5.91 Å². The van der Waals surface area contributed by atoms with Gasteiger partial charge in [-0.15, -0.1) is 0 Å².